The molecule has 8 nitrogen and oxygen atoms in total. The summed E-state index contributed by atoms with van der Waals surface area (Å²) in [6, 6.07) is 17.7. The molecule has 0 aliphatic carbocycles. The third-order valence-electron chi connectivity index (χ3n) is 4.91. The highest BCUT2D eigenvalue weighted by Crippen LogP contribution is 2.26. The predicted molar refractivity (Wildman–Crippen MR) is 115 cm³/mol. The number of benzene rings is 2. The van der Waals surface area contributed by atoms with Crippen molar-refractivity contribution in [1.29, 1.82) is 5.26 Å². The van der Waals surface area contributed by atoms with Crippen LogP contribution >= 0.6 is 0 Å². The molecule has 0 saturated heterocycles. The number of nitriles is 1. The fraction of sp³-hybridized carbons (Fsp3) is 0.136. The van der Waals surface area contributed by atoms with Crippen LogP contribution in [0.3, 0.4) is 0 Å². The van der Waals surface area contributed by atoms with Gasteiger partial charge >= 0.3 is 0 Å². The second-order valence-corrected chi connectivity index (χ2v) is 6.91. The van der Waals surface area contributed by atoms with Crippen LogP contribution in [0.2, 0.25) is 0 Å². The Hall–Kier alpha value is -4.09. The minimum absolute atomic E-state index is 0.0715. The van der Waals surface area contributed by atoms with Crippen molar-refractivity contribution in [3.8, 4) is 17.5 Å². The number of nitrogens with one attached hydrogen (secondary N) is 2. The first-order chi connectivity index (χ1) is 14.5. The first-order valence-corrected chi connectivity index (χ1v) is 9.39. The van der Waals surface area contributed by atoms with Gasteiger partial charge < -0.3 is 15.7 Å². The van der Waals surface area contributed by atoms with Crippen molar-refractivity contribution in [2.75, 3.05) is 0 Å². The Balaban J connectivity index is 1.89. The number of amidine groups is 1. The molecule has 4 rings (SSSR count). The molecule has 0 radical (unpaired) electrons. The molecule has 1 unspecified atom stereocenters. The lowest BCUT2D eigenvalue weighted by Crippen LogP contribution is -2.41. The van der Waals surface area contributed by atoms with Gasteiger partial charge in [-0.15, -0.1) is 0 Å². The Bertz CT molecular complexity index is 1270. The van der Waals surface area contributed by atoms with Gasteiger partial charge in [0.25, 0.3) is 5.56 Å². The molecule has 2 heterocycles. The zero-order chi connectivity index (χ0) is 21.3. The first kappa shape index (κ1) is 19.2. The molecule has 30 heavy (non-hydrogen) atoms. The van der Waals surface area contributed by atoms with Gasteiger partial charge in [-0.25, -0.2) is 4.99 Å². The monoisotopic (exact) mass is 400 g/mol. The normalized spacial score (nSPS) is 16.8. The number of pyridine rings is 1. The third kappa shape index (κ3) is 3.38. The van der Waals surface area contributed by atoms with E-state index in [-0.39, 0.29) is 16.7 Å². The van der Waals surface area contributed by atoms with E-state index in [2.05, 4.69) is 21.7 Å². The number of para-hydroxylation sites is 1. The first-order valence-electron chi connectivity index (χ1n) is 9.39. The van der Waals surface area contributed by atoms with Crippen molar-refractivity contribution in [3.05, 3.63) is 82.4 Å². The quantitative estimate of drug-likeness (QED) is 0.532. The molecule has 8 heteroatoms. The van der Waals surface area contributed by atoms with Gasteiger partial charge in [-0.2, -0.15) is 5.26 Å². The number of hydrogen-bond donors (Lipinski definition) is 4. The van der Waals surface area contributed by atoms with Gasteiger partial charge in [0, 0.05) is 17.6 Å². The summed E-state index contributed by atoms with van der Waals surface area (Å²) in [5.74, 6) is 0.275. The summed E-state index contributed by atoms with van der Waals surface area (Å²) in [4.78, 5) is 17.6. The molecule has 1 aliphatic rings. The van der Waals surface area contributed by atoms with Crippen LogP contribution in [0.15, 0.2) is 76.2 Å². The highest BCUT2D eigenvalue weighted by Gasteiger charge is 2.21. The minimum atomic E-state index is -0.665. The van der Waals surface area contributed by atoms with Crippen molar-refractivity contribution in [3.63, 3.8) is 0 Å². The van der Waals surface area contributed by atoms with E-state index in [9.17, 15) is 15.2 Å². The SMILES string of the molecule is C[C@H](NC1=NC(N)NC=C1C#N)c1cc2cccc(O)c2c(=O)n1-c1ccccc1. The molecule has 1 aliphatic heterocycles. The number of aliphatic imine (C=N–C) groups is 1. The van der Waals surface area contributed by atoms with Gasteiger partial charge in [0.15, 0.2) is 6.29 Å². The molecule has 0 saturated carbocycles. The maximum atomic E-state index is 13.4. The van der Waals surface area contributed by atoms with E-state index in [0.29, 0.717) is 28.2 Å². The highest BCUT2D eigenvalue weighted by molar-refractivity contribution is 6.02. The van der Waals surface area contributed by atoms with Crippen LogP contribution in [0.1, 0.15) is 18.7 Å². The third-order valence-corrected chi connectivity index (χ3v) is 4.91. The fourth-order valence-corrected chi connectivity index (χ4v) is 3.49. The molecule has 1 aromatic heterocycles. The standard InChI is InChI=1S/C22H20N6O2/c1-13(26-20-15(11-23)12-25-22(24)27-20)17-10-14-6-5-9-18(29)19(14)21(30)28(17)16-7-3-2-4-8-16/h2-10,12-13,22,25,29H,24H2,1H3,(H,26,27)/t13-,22?/m0/s1. The maximum absolute atomic E-state index is 13.4. The van der Waals surface area contributed by atoms with Gasteiger partial charge in [0.1, 0.15) is 23.2 Å². The molecule has 0 bridgehead atoms. The lowest BCUT2D eigenvalue weighted by molar-refractivity contribution is 0.481. The molecule has 0 spiro atoms. The Morgan fingerprint density at radius 3 is 2.77 bits per heavy atom. The summed E-state index contributed by atoms with van der Waals surface area (Å²) in [6.07, 6.45) is 0.844. The lowest BCUT2D eigenvalue weighted by atomic mass is 10.1. The molecule has 3 aromatic rings. The molecule has 5 N–H and O–H groups in total. The summed E-state index contributed by atoms with van der Waals surface area (Å²) in [5, 5.41) is 26.5. The molecule has 0 fully saturated rings. The van der Waals surface area contributed by atoms with Crippen LogP contribution in [0.5, 0.6) is 5.75 Å². The van der Waals surface area contributed by atoms with Gasteiger partial charge in [0.2, 0.25) is 0 Å². The largest absolute Gasteiger partial charge is 0.507 e. The summed E-state index contributed by atoms with van der Waals surface area (Å²) in [7, 11) is 0. The van der Waals surface area contributed by atoms with Gasteiger partial charge in [-0.3, -0.25) is 15.1 Å². The Morgan fingerprint density at radius 2 is 2.03 bits per heavy atom. The van der Waals surface area contributed by atoms with E-state index in [1.807, 2.05) is 43.3 Å². The number of fused-ring (bicyclic) bond motifs is 1. The molecule has 0 amide bonds. The summed E-state index contributed by atoms with van der Waals surface area (Å²) in [5.41, 5.74) is 7.11. The van der Waals surface area contributed by atoms with Crippen molar-refractivity contribution in [1.82, 2.24) is 15.2 Å². The predicted octanol–water partition coefficient (Wildman–Crippen LogP) is 2.00. The average molecular weight is 400 g/mol. The number of nitrogens with zero attached hydrogens (tertiary/aromatic N) is 3. The highest BCUT2D eigenvalue weighted by atomic mass is 16.3. The zero-order valence-electron chi connectivity index (χ0n) is 16.2. The van der Waals surface area contributed by atoms with Crippen LogP contribution in [0.4, 0.5) is 0 Å². The Labute approximate surface area is 172 Å². The number of nitrogens with two attached hydrogens (primary N) is 1. The van der Waals surface area contributed by atoms with Gasteiger partial charge in [0.05, 0.1) is 11.4 Å². The Kier molecular flexibility index (Phi) is 4.96. The molecular weight excluding hydrogens is 380 g/mol. The van der Waals surface area contributed by atoms with E-state index in [1.54, 1.807) is 16.7 Å². The van der Waals surface area contributed by atoms with E-state index in [4.69, 9.17) is 5.73 Å². The number of phenols is 1. The molecule has 150 valence electrons. The fourth-order valence-electron chi connectivity index (χ4n) is 3.49. The van der Waals surface area contributed by atoms with Gasteiger partial charge in [-0.05, 0) is 36.6 Å². The van der Waals surface area contributed by atoms with Crippen molar-refractivity contribution in [2.24, 2.45) is 10.7 Å². The van der Waals surface area contributed by atoms with E-state index >= 15 is 0 Å². The maximum Gasteiger partial charge on any atom is 0.267 e. The van der Waals surface area contributed by atoms with Gasteiger partial charge in [-0.1, -0.05) is 30.3 Å². The topological polar surface area (TPSA) is 128 Å². The summed E-state index contributed by atoms with van der Waals surface area (Å²) >= 11 is 0. The number of aromatic hydroxyl groups is 1. The van der Waals surface area contributed by atoms with E-state index in [1.165, 1.54) is 12.3 Å². The second-order valence-electron chi connectivity index (χ2n) is 6.91. The van der Waals surface area contributed by atoms with Crippen LogP contribution in [0.25, 0.3) is 16.5 Å². The number of aromatic nitrogens is 1. The minimum Gasteiger partial charge on any atom is -0.507 e. The average Bonchev–Trinajstić information content (AvgIpc) is 2.74. The lowest BCUT2D eigenvalue weighted by Gasteiger charge is -2.24. The van der Waals surface area contributed by atoms with E-state index < -0.39 is 12.3 Å². The smallest absolute Gasteiger partial charge is 0.267 e. The number of phenolic OH excluding ortho intramolecular Hbond substituents is 1. The zero-order valence-corrected chi connectivity index (χ0v) is 16.2. The molecule has 2 aromatic carbocycles. The van der Waals surface area contributed by atoms with Crippen molar-refractivity contribution >= 4 is 16.6 Å². The van der Waals surface area contributed by atoms with Crippen LogP contribution in [0, 0.1) is 11.3 Å². The van der Waals surface area contributed by atoms with Crippen molar-refractivity contribution < 1.29 is 5.11 Å². The number of hydrogen-bond acceptors (Lipinski definition) is 7. The summed E-state index contributed by atoms with van der Waals surface area (Å²) in [6.45, 7) is 1.87. The molecular formula is C22H20N6O2. The van der Waals surface area contributed by atoms with Crippen LogP contribution < -0.4 is 21.9 Å². The van der Waals surface area contributed by atoms with Crippen LogP contribution in [-0.2, 0) is 0 Å². The molecule has 2 atom stereocenters. The second kappa shape index (κ2) is 7.73. The Morgan fingerprint density at radius 1 is 1.27 bits per heavy atom. The van der Waals surface area contributed by atoms with E-state index in [0.717, 1.165) is 0 Å². The number of rotatable bonds is 3. The summed E-state index contributed by atoms with van der Waals surface area (Å²) < 4.78 is 1.55. The van der Waals surface area contributed by atoms with Crippen molar-refractivity contribution in [2.45, 2.75) is 19.3 Å². The van der Waals surface area contributed by atoms with Crippen LogP contribution in [-0.4, -0.2) is 21.8 Å².